The number of methoxy groups -OCH3 is 1. The van der Waals surface area contributed by atoms with Gasteiger partial charge in [0.2, 0.25) is 5.78 Å². The minimum absolute atomic E-state index is 0.0685. The summed E-state index contributed by atoms with van der Waals surface area (Å²) in [5.74, 6) is -1.24. The minimum Gasteiger partial charge on any atom is -0.505 e. The predicted octanol–water partition coefficient (Wildman–Crippen LogP) is 2.38. The van der Waals surface area contributed by atoms with Crippen molar-refractivity contribution >= 4 is 33.6 Å². The van der Waals surface area contributed by atoms with E-state index in [2.05, 4.69) is 4.74 Å². The fourth-order valence-corrected chi connectivity index (χ4v) is 4.27. The van der Waals surface area contributed by atoms with Gasteiger partial charge in [0.15, 0.2) is 12.4 Å². The number of hydrogen-bond donors (Lipinski definition) is 1. The van der Waals surface area contributed by atoms with Crippen LogP contribution in [0.25, 0.3) is 11.8 Å². The Labute approximate surface area is 173 Å². The van der Waals surface area contributed by atoms with E-state index in [9.17, 15) is 23.1 Å². The number of nitrogens with zero attached hydrogens (tertiary/aromatic N) is 1. The molecule has 1 aliphatic rings. The molecule has 0 atom stereocenters. The highest BCUT2D eigenvalue weighted by Crippen LogP contribution is 2.34. The van der Waals surface area contributed by atoms with Crippen molar-refractivity contribution in [2.24, 2.45) is 0 Å². The highest BCUT2D eigenvalue weighted by atomic mass is 32.2. The first-order valence-electron chi connectivity index (χ1n) is 8.79. The highest BCUT2D eigenvalue weighted by Gasteiger charge is 2.36. The average Bonchev–Trinajstić information content (AvgIpc) is 2.75. The van der Waals surface area contributed by atoms with Crippen LogP contribution in [-0.2, 0) is 24.3 Å². The molecule has 1 heterocycles. The van der Waals surface area contributed by atoms with Gasteiger partial charge < -0.3 is 14.6 Å². The largest absolute Gasteiger partial charge is 0.505 e. The van der Waals surface area contributed by atoms with Gasteiger partial charge in [-0.25, -0.2) is 13.2 Å². The molecule has 0 spiro atoms. The maximum Gasteiger partial charge on any atom is 0.343 e. The van der Waals surface area contributed by atoms with Gasteiger partial charge in [-0.3, -0.25) is 9.10 Å². The Morgan fingerprint density at radius 3 is 2.60 bits per heavy atom. The number of esters is 1. The lowest BCUT2D eigenvalue weighted by molar-refractivity contribution is -0.142. The van der Waals surface area contributed by atoms with Crippen LogP contribution < -0.4 is 4.74 Å². The standard InChI is InChI=1S/C21H19NO7S/c1-22-20(21(25)16-8-3-4-9-18(16)30(22,26)27)17(23)11-10-14-6-5-7-15(12-14)29-13-19(24)28-2/h3-12,25H,13H2,1-2H3/b11-10+. The van der Waals surface area contributed by atoms with Gasteiger partial charge in [0, 0.05) is 12.6 Å². The van der Waals surface area contributed by atoms with Crippen LogP contribution >= 0.6 is 0 Å². The van der Waals surface area contributed by atoms with Crippen LogP contribution in [0.3, 0.4) is 0 Å². The Morgan fingerprint density at radius 1 is 1.13 bits per heavy atom. The maximum absolute atomic E-state index is 12.7. The number of carbonyl (C=O) groups is 2. The van der Waals surface area contributed by atoms with Gasteiger partial charge in [-0.1, -0.05) is 30.3 Å². The lowest BCUT2D eigenvalue weighted by Gasteiger charge is -2.27. The number of carbonyl (C=O) groups excluding carboxylic acids is 2. The van der Waals surface area contributed by atoms with E-state index in [0.29, 0.717) is 11.3 Å². The second-order valence-electron chi connectivity index (χ2n) is 6.30. The van der Waals surface area contributed by atoms with E-state index in [1.807, 2.05) is 0 Å². The van der Waals surface area contributed by atoms with Crippen molar-refractivity contribution < 1.29 is 32.6 Å². The molecule has 0 aromatic heterocycles. The molecule has 0 bridgehead atoms. The van der Waals surface area contributed by atoms with Crippen LogP contribution in [-0.4, -0.2) is 50.3 Å². The Morgan fingerprint density at radius 2 is 1.87 bits per heavy atom. The molecule has 8 nitrogen and oxygen atoms in total. The molecule has 0 saturated carbocycles. The maximum atomic E-state index is 12.7. The first-order chi connectivity index (χ1) is 14.3. The molecule has 1 aliphatic heterocycles. The number of sulfonamides is 1. The zero-order valence-corrected chi connectivity index (χ0v) is 17.0. The van der Waals surface area contributed by atoms with E-state index >= 15 is 0 Å². The lowest BCUT2D eigenvalue weighted by Crippen LogP contribution is -2.34. The van der Waals surface area contributed by atoms with Crippen molar-refractivity contribution in [3.63, 3.8) is 0 Å². The van der Waals surface area contributed by atoms with E-state index in [-0.39, 0.29) is 22.8 Å². The Balaban J connectivity index is 1.87. The van der Waals surface area contributed by atoms with Crippen LogP contribution in [0.2, 0.25) is 0 Å². The molecule has 2 aromatic rings. The van der Waals surface area contributed by atoms with Crippen LogP contribution in [0.5, 0.6) is 5.75 Å². The van der Waals surface area contributed by atoms with Crippen LogP contribution in [0.1, 0.15) is 11.1 Å². The van der Waals surface area contributed by atoms with Gasteiger partial charge in [-0.05, 0) is 35.9 Å². The van der Waals surface area contributed by atoms with Crippen molar-refractivity contribution in [3.05, 3.63) is 71.4 Å². The summed E-state index contributed by atoms with van der Waals surface area (Å²) >= 11 is 0. The molecular weight excluding hydrogens is 410 g/mol. The number of fused-ring (bicyclic) bond motifs is 1. The normalized spacial score (nSPS) is 15.1. The highest BCUT2D eigenvalue weighted by molar-refractivity contribution is 7.89. The van der Waals surface area contributed by atoms with E-state index in [0.717, 1.165) is 10.4 Å². The monoisotopic (exact) mass is 429 g/mol. The predicted molar refractivity (Wildman–Crippen MR) is 109 cm³/mol. The number of likely N-dealkylation sites (N-methyl/N-ethyl adjacent to an activating group) is 1. The van der Waals surface area contributed by atoms with Crippen molar-refractivity contribution in [3.8, 4) is 5.75 Å². The smallest absolute Gasteiger partial charge is 0.343 e. The summed E-state index contributed by atoms with van der Waals surface area (Å²) in [6.45, 7) is -0.259. The number of benzene rings is 2. The molecule has 156 valence electrons. The molecule has 0 fully saturated rings. The fourth-order valence-electron chi connectivity index (χ4n) is 2.86. The van der Waals surface area contributed by atoms with Crippen molar-refractivity contribution in [2.75, 3.05) is 20.8 Å². The van der Waals surface area contributed by atoms with E-state index in [1.165, 1.54) is 32.4 Å². The van der Waals surface area contributed by atoms with Crippen molar-refractivity contribution in [1.82, 2.24) is 4.31 Å². The second kappa shape index (κ2) is 8.42. The third kappa shape index (κ3) is 4.06. The molecule has 3 rings (SSSR count). The van der Waals surface area contributed by atoms with Crippen molar-refractivity contribution in [2.45, 2.75) is 4.90 Å². The number of hydrogen-bond acceptors (Lipinski definition) is 7. The average molecular weight is 429 g/mol. The zero-order chi connectivity index (χ0) is 21.9. The Hall–Kier alpha value is -3.59. The number of ketones is 1. The fraction of sp³-hybridized carbons (Fsp3) is 0.143. The summed E-state index contributed by atoms with van der Waals surface area (Å²) in [6, 6.07) is 12.5. The number of aliphatic hydroxyl groups is 1. The number of ether oxygens (including phenoxy) is 2. The van der Waals surface area contributed by atoms with Gasteiger partial charge >= 0.3 is 5.97 Å². The molecule has 0 radical (unpaired) electrons. The molecule has 0 saturated heterocycles. The number of allylic oxidation sites excluding steroid dienone is 1. The van der Waals surface area contributed by atoms with Crippen LogP contribution in [0, 0.1) is 0 Å². The summed E-state index contributed by atoms with van der Waals surface area (Å²) in [5, 5.41) is 10.5. The Kier molecular flexibility index (Phi) is 5.93. The molecule has 30 heavy (non-hydrogen) atoms. The van der Waals surface area contributed by atoms with Gasteiger partial charge in [0.1, 0.15) is 11.4 Å². The third-order valence-corrected chi connectivity index (χ3v) is 6.24. The van der Waals surface area contributed by atoms with Crippen LogP contribution in [0.15, 0.2) is 65.2 Å². The zero-order valence-electron chi connectivity index (χ0n) is 16.2. The molecule has 0 unspecified atom stereocenters. The lowest BCUT2D eigenvalue weighted by atomic mass is 10.1. The molecular formula is C21H19NO7S. The summed E-state index contributed by atoms with van der Waals surface area (Å²) in [7, 11) is -1.50. The summed E-state index contributed by atoms with van der Waals surface area (Å²) in [6.07, 6.45) is 2.61. The summed E-state index contributed by atoms with van der Waals surface area (Å²) in [4.78, 5) is 23.8. The van der Waals surface area contributed by atoms with Gasteiger partial charge in [-0.15, -0.1) is 0 Å². The second-order valence-corrected chi connectivity index (χ2v) is 8.24. The first kappa shape index (κ1) is 21.1. The number of rotatable bonds is 6. The molecule has 1 N–H and O–H groups in total. The topological polar surface area (TPSA) is 110 Å². The quantitative estimate of drug-likeness (QED) is 0.554. The van der Waals surface area contributed by atoms with Gasteiger partial charge in [-0.2, -0.15) is 0 Å². The van der Waals surface area contributed by atoms with Gasteiger partial charge in [0.05, 0.1) is 12.0 Å². The third-order valence-electron chi connectivity index (χ3n) is 4.42. The van der Waals surface area contributed by atoms with E-state index in [4.69, 9.17) is 4.74 Å². The molecule has 0 aliphatic carbocycles. The number of aliphatic hydroxyl groups excluding tert-OH is 1. The Bertz CT molecular complexity index is 1170. The van der Waals surface area contributed by atoms with Crippen LogP contribution in [0.4, 0.5) is 0 Å². The first-order valence-corrected chi connectivity index (χ1v) is 10.2. The minimum atomic E-state index is -3.96. The van der Waals surface area contributed by atoms with Gasteiger partial charge in [0.25, 0.3) is 10.0 Å². The van der Waals surface area contributed by atoms with Crippen molar-refractivity contribution in [1.29, 1.82) is 0 Å². The SMILES string of the molecule is COC(=O)COc1cccc(/C=C/C(=O)C2=C(O)c3ccccc3S(=O)(=O)N2C)c1. The summed E-state index contributed by atoms with van der Waals surface area (Å²) in [5.41, 5.74) is 0.307. The van der Waals surface area contributed by atoms with E-state index in [1.54, 1.807) is 36.4 Å². The molecule has 0 amide bonds. The molecule has 2 aromatic carbocycles. The molecule has 9 heteroatoms. The van der Waals surface area contributed by atoms with E-state index < -0.39 is 27.5 Å². The summed E-state index contributed by atoms with van der Waals surface area (Å²) < 4.78 is 35.9.